The highest BCUT2D eigenvalue weighted by molar-refractivity contribution is 6.06. The number of carbonyl (C=O) groups is 3. The molecule has 0 aromatic heterocycles. The number of rotatable bonds is 5. The number of nitrogens with one attached hydrogen (secondary N) is 2. The summed E-state index contributed by atoms with van der Waals surface area (Å²) in [6.07, 6.45) is 2.15. The van der Waals surface area contributed by atoms with Gasteiger partial charge in [-0.1, -0.05) is 36.4 Å². The van der Waals surface area contributed by atoms with Crippen LogP contribution in [0.1, 0.15) is 61.1 Å². The standard InChI is InChI=1S/C26H22N2O4/c29-24(27-20-10-11-20)17-7-4-8-21(14-17)28-25(30)18-9-12-22-19(13-18)15-23(32-26(22)31)16-5-2-1-3-6-16/h1-9,12-14,20,23H,10-11,15H2,(H,27,29)(H,28,30). The maximum atomic E-state index is 12.9. The van der Waals surface area contributed by atoms with E-state index in [-0.39, 0.29) is 29.9 Å². The summed E-state index contributed by atoms with van der Waals surface area (Å²) >= 11 is 0. The quantitative estimate of drug-likeness (QED) is 0.596. The maximum Gasteiger partial charge on any atom is 0.339 e. The highest BCUT2D eigenvalue weighted by Crippen LogP contribution is 2.31. The lowest BCUT2D eigenvalue weighted by molar-refractivity contribution is 0.0252. The fraction of sp³-hybridized carbons (Fsp3) is 0.192. The monoisotopic (exact) mass is 426 g/mol. The van der Waals surface area contributed by atoms with Gasteiger partial charge < -0.3 is 15.4 Å². The Hall–Kier alpha value is -3.93. The second kappa shape index (κ2) is 8.30. The number of ether oxygens (including phenoxy) is 1. The van der Waals surface area contributed by atoms with Crippen LogP contribution >= 0.6 is 0 Å². The van der Waals surface area contributed by atoms with Gasteiger partial charge in [-0.05, 0) is 60.4 Å². The van der Waals surface area contributed by atoms with Gasteiger partial charge in [0, 0.05) is 29.3 Å². The molecule has 1 unspecified atom stereocenters. The summed E-state index contributed by atoms with van der Waals surface area (Å²) in [6.45, 7) is 0. The van der Waals surface area contributed by atoms with Gasteiger partial charge in [0.15, 0.2) is 0 Å². The number of carbonyl (C=O) groups excluding carboxylic acids is 3. The van der Waals surface area contributed by atoms with Crippen molar-refractivity contribution in [2.24, 2.45) is 0 Å². The summed E-state index contributed by atoms with van der Waals surface area (Å²) in [5.74, 6) is -0.827. The predicted octanol–water partition coefficient (Wildman–Crippen LogP) is 4.29. The summed E-state index contributed by atoms with van der Waals surface area (Å²) in [6, 6.07) is 21.7. The number of hydrogen-bond donors (Lipinski definition) is 2. The summed E-state index contributed by atoms with van der Waals surface area (Å²) < 4.78 is 5.58. The lowest BCUT2D eigenvalue weighted by Gasteiger charge is -2.25. The number of cyclic esters (lactones) is 1. The Morgan fingerprint density at radius 3 is 2.41 bits per heavy atom. The lowest BCUT2D eigenvalue weighted by atomic mass is 9.93. The zero-order valence-corrected chi connectivity index (χ0v) is 17.3. The van der Waals surface area contributed by atoms with E-state index < -0.39 is 0 Å². The molecule has 160 valence electrons. The Bertz CT molecular complexity index is 1200. The van der Waals surface area contributed by atoms with Gasteiger partial charge in [-0.2, -0.15) is 0 Å². The van der Waals surface area contributed by atoms with Gasteiger partial charge in [0.05, 0.1) is 5.56 Å². The molecule has 1 aliphatic carbocycles. The molecule has 2 aliphatic rings. The Balaban J connectivity index is 1.33. The first-order valence-electron chi connectivity index (χ1n) is 10.7. The average Bonchev–Trinajstić information content (AvgIpc) is 3.63. The van der Waals surface area contributed by atoms with Crippen molar-refractivity contribution in [2.45, 2.75) is 31.4 Å². The topological polar surface area (TPSA) is 84.5 Å². The van der Waals surface area contributed by atoms with E-state index in [1.165, 1.54) is 0 Å². The SMILES string of the molecule is O=C(Nc1cccc(C(=O)NC2CC2)c1)c1ccc2c(c1)CC(c1ccccc1)OC2=O. The molecule has 3 aromatic carbocycles. The minimum atomic E-state index is -0.388. The minimum absolute atomic E-state index is 0.136. The number of benzene rings is 3. The Morgan fingerprint density at radius 1 is 0.844 bits per heavy atom. The molecule has 2 amide bonds. The molecule has 0 radical (unpaired) electrons. The molecule has 6 heteroatoms. The van der Waals surface area contributed by atoms with Crippen LogP contribution in [0, 0.1) is 0 Å². The van der Waals surface area contributed by atoms with Crippen molar-refractivity contribution in [3.05, 3.63) is 101 Å². The number of amides is 2. The lowest BCUT2D eigenvalue weighted by Crippen LogP contribution is -2.25. The summed E-state index contributed by atoms with van der Waals surface area (Å²) in [5, 5.41) is 5.79. The Morgan fingerprint density at radius 2 is 1.62 bits per heavy atom. The van der Waals surface area contributed by atoms with Crippen molar-refractivity contribution in [1.82, 2.24) is 5.32 Å². The van der Waals surface area contributed by atoms with Crippen LogP contribution in [0.5, 0.6) is 0 Å². The van der Waals surface area contributed by atoms with E-state index in [1.54, 1.807) is 42.5 Å². The fourth-order valence-electron chi connectivity index (χ4n) is 3.83. The molecule has 1 aliphatic heterocycles. The third kappa shape index (κ3) is 4.25. The number of hydrogen-bond acceptors (Lipinski definition) is 4. The highest BCUT2D eigenvalue weighted by Gasteiger charge is 2.28. The zero-order valence-electron chi connectivity index (χ0n) is 17.3. The largest absolute Gasteiger partial charge is 0.454 e. The average molecular weight is 426 g/mol. The van der Waals surface area contributed by atoms with E-state index in [9.17, 15) is 14.4 Å². The first kappa shape index (κ1) is 20.0. The molecular weight excluding hydrogens is 404 g/mol. The smallest absolute Gasteiger partial charge is 0.339 e. The van der Waals surface area contributed by atoms with Crippen LogP contribution in [0.4, 0.5) is 5.69 Å². The van der Waals surface area contributed by atoms with E-state index in [0.29, 0.717) is 28.8 Å². The van der Waals surface area contributed by atoms with Gasteiger partial charge in [-0.25, -0.2) is 4.79 Å². The van der Waals surface area contributed by atoms with E-state index >= 15 is 0 Å². The normalized spacial score (nSPS) is 17.1. The summed E-state index contributed by atoms with van der Waals surface area (Å²) in [5.41, 5.74) is 3.67. The van der Waals surface area contributed by atoms with Crippen LogP contribution in [0.3, 0.4) is 0 Å². The van der Waals surface area contributed by atoms with Crippen LogP contribution in [0.2, 0.25) is 0 Å². The highest BCUT2D eigenvalue weighted by atomic mass is 16.5. The summed E-state index contributed by atoms with van der Waals surface area (Å²) in [7, 11) is 0. The van der Waals surface area contributed by atoms with E-state index in [2.05, 4.69) is 10.6 Å². The molecule has 1 saturated carbocycles. The van der Waals surface area contributed by atoms with Crippen molar-refractivity contribution < 1.29 is 19.1 Å². The first-order valence-corrected chi connectivity index (χ1v) is 10.7. The third-order valence-corrected chi connectivity index (χ3v) is 5.71. The fourth-order valence-corrected chi connectivity index (χ4v) is 3.83. The van der Waals surface area contributed by atoms with Crippen LogP contribution in [0.15, 0.2) is 72.8 Å². The van der Waals surface area contributed by atoms with Gasteiger partial charge in [-0.15, -0.1) is 0 Å². The van der Waals surface area contributed by atoms with E-state index in [0.717, 1.165) is 24.0 Å². The van der Waals surface area contributed by atoms with Gasteiger partial charge in [-0.3, -0.25) is 9.59 Å². The van der Waals surface area contributed by atoms with Crippen LogP contribution in [-0.2, 0) is 11.2 Å². The number of esters is 1. The maximum absolute atomic E-state index is 12.9. The van der Waals surface area contributed by atoms with Crippen LogP contribution < -0.4 is 10.6 Å². The van der Waals surface area contributed by atoms with Crippen molar-refractivity contribution in [1.29, 1.82) is 0 Å². The van der Waals surface area contributed by atoms with Gasteiger partial charge >= 0.3 is 5.97 Å². The van der Waals surface area contributed by atoms with Crippen molar-refractivity contribution in [3.63, 3.8) is 0 Å². The number of anilines is 1. The van der Waals surface area contributed by atoms with Gasteiger partial charge in [0.2, 0.25) is 0 Å². The molecule has 3 aromatic rings. The minimum Gasteiger partial charge on any atom is -0.454 e. The van der Waals surface area contributed by atoms with Crippen LogP contribution in [-0.4, -0.2) is 23.8 Å². The molecule has 0 spiro atoms. The van der Waals surface area contributed by atoms with Crippen molar-refractivity contribution >= 4 is 23.5 Å². The molecule has 32 heavy (non-hydrogen) atoms. The second-order valence-electron chi connectivity index (χ2n) is 8.16. The van der Waals surface area contributed by atoms with Gasteiger partial charge in [0.25, 0.3) is 11.8 Å². The molecule has 1 fully saturated rings. The molecule has 1 heterocycles. The van der Waals surface area contributed by atoms with E-state index in [1.807, 2.05) is 30.3 Å². The Kier molecular flexibility index (Phi) is 5.19. The molecule has 1 atom stereocenters. The van der Waals surface area contributed by atoms with Gasteiger partial charge in [0.1, 0.15) is 6.10 Å². The first-order chi connectivity index (χ1) is 15.6. The number of fused-ring (bicyclic) bond motifs is 1. The zero-order chi connectivity index (χ0) is 22.1. The molecule has 0 bridgehead atoms. The Labute approximate surface area is 185 Å². The molecule has 6 nitrogen and oxygen atoms in total. The third-order valence-electron chi connectivity index (χ3n) is 5.71. The second-order valence-corrected chi connectivity index (χ2v) is 8.16. The van der Waals surface area contributed by atoms with E-state index in [4.69, 9.17) is 4.74 Å². The molecular formula is C26H22N2O4. The van der Waals surface area contributed by atoms with Crippen molar-refractivity contribution in [2.75, 3.05) is 5.32 Å². The summed E-state index contributed by atoms with van der Waals surface area (Å²) in [4.78, 5) is 37.6. The molecule has 2 N–H and O–H groups in total. The van der Waals surface area contributed by atoms with Crippen LogP contribution in [0.25, 0.3) is 0 Å². The molecule has 5 rings (SSSR count). The van der Waals surface area contributed by atoms with Crippen molar-refractivity contribution in [3.8, 4) is 0 Å². The predicted molar refractivity (Wildman–Crippen MR) is 120 cm³/mol. The molecule has 0 saturated heterocycles.